The monoisotopic (exact) mass is 343 g/mol. The third-order valence-corrected chi connectivity index (χ3v) is 4.50. The third kappa shape index (κ3) is 2.73. The van der Waals surface area contributed by atoms with Crippen molar-refractivity contribution in [2.24, 2.45) is 7.05 Å². The summed E-state index contributed by atoms with van der Waals surface area (Å²) < 4.78 is 4.22. The Kier molecular flexibility index (Phi) is 3.31. The van der Waals surface area contributed by atoms with Crippen molar-refractivity contribution >= 4 is 21.7 Å². The smallest absolute Gasteiger partial charge is 0.162 e. The fraction of sp³-hybridized carbons (Fsp3) is 0.158. The van der Waals surface area contributed by atoms with E-state index in [2.05, 4.69) is 75.1 Å². The fourth-order valence-electron chi connectivity index (χ4n) is 3.33. The summed E-state index contributed by atoms with van der Waals surface area (Å²) in [4.78, 5) is 6.34. The highest BCUT2D eigenvalue weighted by molar-refractivity contribution is 5.83. The highest BCUT2D eigenvalue weighted by atomic mass is 15.6. The van der Waals surface area contributed by atoms with E-state index in [1.54, 1.807) is 4.80 Å². The topological polar surface area (TPSA) is 66.3 Å². The summed E-state index contributed by atoms with van der Waals surface area (Å²) in [6.07, 6.45) is 9.90. The van der Waals surface area contributed by atoms with Crippen molar-refractivity contribution in [1.29, 1.82) is 0 Å². The normalized spacial score (nSPS) is 11.6. The zero-order valence-corrected chi connectivity index (χ0v) is 14.3. The van der Waals surface area contributed by atoms with Gasteiger partial charge in [-0.1, -0.05) is 12.1 Å². The molecular formula is C19H17N7. The van der Waals surface area contributed by atoms with Crippen LogP contribution in [0.3, 0.4) is 0 Å². The van der Waals surface area contributed by atoms with E-state index in [9.17, 15) is 0 Å². The van der Waals surface area contributed by atoms with Gasteiger partial charge in [0.15, 0.2) is 6.33 Å². The molecule has 0 N–H and O–H groups in total. The minimum absolute atomic E-state index is 0.618. The average Bonchev–Trinajstić information content (AvgIpc) is 3.33. The molecule has 5 rings (SSSR count). The number of fused-ring (bicyclic) bond motifs is 2. The molecule has 7 nitrogen and oxygen atoms in total. The van der Waals surface area contributed by atoms with Gasteiger partial charge < -0.3 is 9.13 Å². The van der Waals surface area contributed by atoms with Crippen molar-refractivity contribution in [3.63, 3.8) is 0 Å². The summed E-state index contributed by atoms with van der Waals surface area (Å²) in [5.41, 5.74) is 3.23. The van der Waals surface area contributed by atoms with Crippen LogP contribution in [0.15, 0.2) is 61.4 Å². The van der Waals surface area contributed by atoms with Crippen LogP contribution >= 0.6 is 0 Å². The Balaban J connectivity index is 1.42. The van der Waals surface area contributed by atoms with E-state index in [1.165, 1.54) is 22.5 Å². The van der Waals surface area contributed by atoms with Gasteiger partial charge in [0.1, 0.15) is 0 Å². The lowest BCUT2D eigenvalue weighted by Crippen LogP contribution is -2.03. The molecule has 1 aromatic carbocycles. The summed E-state index contributed by atoms with van der Waals surface area (Å²) in [6.45, 7) is 1.37. The van der Waals surface area contributed by atoms with Crippen LogP contribution in [0, 0.1) is 0 Å². The Labute approximate surface area is 149 Å². The van der Waals surface area contributed by atoms with Crippen LogP contribution in [-0.2, 0) is 20.1 Å². The molecule has 128 valence electrons. The zero-order valence-electron chi connectivity index (χ0n) is 14.3. The molecule has 4 heterocycles. The standard InChI is InChI=1S/C19H17N7/c1-24-8-16-4-5-18(22-19(16)12-24)11-25-9-15-3-2-14(6-17(15)10-25)7-26-21-13-20-23-26/h2-6,8-10,12-13H,7,11H2,1H3. The molecule has 0 aliphatic heterocycles. The van der Waals surface area contributed by atoms with Crippen molar-refractivity contribution < 1.29 is 0 Å². The fourth-order valence-corrected chi connectivity index (χ4v) is 3.33. The first-order valence-electron chi connectivity index (χ1n) is 8.44. The molecule has 0 atom stereocenters. The molecule has 0 spiro atoms. The first-order valence-corrected chi connectivity index (χ1v) is 8.44. The first-order chi connectivity index (χ1) is 12.7. The summed E-state index contributed by atoms with van der Waals surface area (Å²) in [7, 11) is 2.02. The first kappa shape index (κ1) is 14.8. The molecule has 0 saturated heterocycles. The average molecular weight is 343 g/mol. The molecule has 0 bridgehead atoms. The van der Waals surface area contributed by atoms with Crippen molar-refractivity contribution in [2.75, 3.05) is 0 Å². The maximum Gasteiger partial charge on any atom is 0.162 e. The second kappa shape index (κ2) is 5.80. The van der Waals surface area contributed by atoms with Gasteiger partial charge in [-0.2, -0.15) is 4.80 Å². The number of tetrazole rings is 1. The SMILES string of the molecule is Cn1cc2ccc(Cn3cc4ccc(Cn5ncnn5)cc4c3)nc2c1. The van der Waals surface area contributed by atoms with Gasteiger partial charge in [-0.05, 0) is 39.7 Å². The lowest BCUT2D eigenvalue weighted by Gasteiger charge is -2.02. The highest BCUT2D eigenvalue weighted by Crippen LogP contribution is 2.19. The highest BCUT2D eigenvalue weighted by Gasteiger charge is 2.05. The molecule has 26 heavy (non-hydrogen) atoms. The van der Waals surface area contributed by atoms with Gasteiger partial charge in [0.05, 0.1) is 24.3 Å². The minimum Gasteiger partial charge on any atom is -0.354 e. The third-order valence-electron chi connectivity index (χ3n) is 4.50. The molecule has 0 radical (unpaired) electrons. The lowest BCUT2D eigenvalue weighted by atomic mass is 10.1. The number of hydrogen-bond donors (Lipinski definition) is 0. The van der Waals surface area contributed by atoms with Gasteiger partial charge in [0, 0.05) is 37.2 Å². The predicted molar refractivity (Wildman–Crippen MR) is 98.7 cm³/mol. The Hall–Kier alpha value is -3.48. The van der Waals surface area contributed by atoms with Crippen LogP contribution in [0.1, 0.15) is 11.3 Å². The number of pyridine rings is 1. The zero-order chi connectivity index (χ0) is 17.5. The summed E-state index contributed by atoms with van der Waals surface area (Å²) >= 11 is 0. The number of rotatable bonds is 4. The van der Waals surface area contributed by atoms with Crippen LogP contribution < -0.4 is 0 Å². The van der Waals surface area contributed by atoms with Crippen molar-refractivity contribution in [3.8, 4) is 0 Å². The van der Waals surface area contributed by atoms with Gasteiger partial charge in [0.25, 0.3) is 0 Å². The molecule has 5 aromatic rings. The van der Waals surface area contributed by atoms with Crippen LogP contribution in [-0.4, -0.2) is 34.3 Å². The molecule has 0 aliphatic rings. The maximum atomic E-state index is 4.76. The van der Waals surface area contributed by atoms with Crippen LogP contribution in [0.25, 0.3) is 21.7 Å². The van der Waals surface area contributed by atoms with Gasteiger partial charge >= 0.3 is 0 Å². The predicted octanol–water partition coefficient (Wildman–Crippen LogP) is 2.61. The van der Waals surface area contributed by atoms with E-state index < -0.39 is 0 Å². The minimum atomic E-state index is 0.618. The molecule has 0 unspecified atom stereocenters. The molecule has 0 aliphatic carbocycles. The van der Waals surface area contributed by atoms with Crippen LogP contribution in [0.4, 0.5) is 0 Å². The van der Waals surface area contributed by atoms with Gasteiger partial charge in [0.2, 0.25) is 0 Å². The largest absolute Gasteiger partial charge is 0.354 e. The van der Waals surface area contributed by atoms with Gasteiger partial charge in [-0.25, -0.2) is 4.98 Å². The van der Waals surface area contributed by atoms with E-state index in [-0.39, 0.29) is 0 Å². The number of nitrogens with zero attached hydrogens (tertiary/aromatic N) is 7. The van der Waals surface area contributed by atoms with Crippen LogP contribution in [0.2, 0.25) is 0 Å². The second-order valence-corrected chi connectivity index (χ2v) is 6.56. The van der Waals surface area contributed by atoms with E-state index in [1.807, 2.05) is 11.6 Å². The van der Waals surface area contributed by atoms with Gasteiger partial charge in [-0.15, -0.1) is 10.2 Å². The number of aromatic nitrogens is 7. The van der Waals surface area contributed by atoms with E-state index in [4.69, 9.17) is 4.98 Å². The Morgan fingerprint density at radius 3 is 2.65 bits per heavy atom. The van der Waals surface area contributed by atoms with E-state index in [0.717, 1.165) is 23.3 Å². The number of aryl methyl sites for hydroxylation is 1. The Morgan fingerprint density at radius 2 is 1.77 bits per heavy atom. The molecule has 7 heteroatoms. The molecular weight excluding hydrogens is 326 g/mol. The van der Waals surface area contributed by atoms with Crippen molar-refractivity contribution in [2.45, 2.75) is 13.1 Å². The Bertz CT molecular complexity index is 1200. The molecule has 4 aromatic heterocycles. The van der Waals surface area contributed by atoms with E-state index >= 15 is 0 Å². The summed E-state index contributed by atoms with van der Waals surface area (Å²) in [5, 5.41) is 15.3. The number of hydrogen-bond acceptors (Lipinski definition) is 4. The molecule has 0 fully saturated rings. The molecule has 0 amide bonds. The summed E-state index contributed by atoms with van der Waals surface area (Å²) in [5.74, 6) is 0. The second-order valence-electron chi connectivity index (χ2n) is 6.56. The maximum absolute atomic E-state index is 4.76. The van der Waals surface area contributed by atoms with Gasteiger partial charge in [-0.3, -0.25) is 0 Å². The van der Waals surface area contributed by atoms with Crippen molar-refractivity contribution in [3.05, 3.63) is 72.7 Å². The molecule has 0 saturated carbocycles. The lowest BCUT2D eigenvalue weighted by molar-refractivity contribution is 0.572. The summed E-state index contributed by atoms with van der Waals surface area (Å²) in [6, 6.07) is 10.6. The number of benzene rings is 1. The Morgan fingerprint density at radius 1 is 0.885 bits per heavy atom. The van der Waals surface area contributed by atoms with Crippen LogP contribution in [0.5, 0.6) is 0 Å². The quantitative estimate of drug-likeness (QED) is 0.503. The van der Waals surface area contributed by atoms with E-state index in [0.29, 0.717) is 6.54 Å². The van der Waals surface area contributed by atoms with Crippen molar-refractivity contribution in [1.82, 2.24) is 34.3 Å².